The van der Waals surface area contributed by atoms with E-state index in [0.29, 0.717) is 18.3 Å². The van der Waals surface area contributed by atoms with Gasteiger partial charge in [-0.15, -0.1) is 0 Å². The van der Waals surface area contributed by atoms with Gasteiger partial charge in [-0.05, 0) is 44.2 Å². The molecule has 0 bridgehead atoms. The highest BCUT2D eigenvalue weighted by Gasteiger charge is 2.15. The van der Waals surface area contributed by atoms with Crippen LogP contribution in [0.4, 0.5) is 5.69 Å². The largest absolute Gasteiger partial charge is 0.506 e. The average Bonchev–Trinajstić information content (AvgIpc) is 2.53. The molecule has 1 aromatic rings. The fourth-order valence-corrected chi connectivity index (χ4v) is 3.13. The van der Waals surface area contributed by atoms with Crippen molar-refractivity contribution < 1.29 is 23.4 Å². The first-order valence-corrected chi connectivity index (χ1v) is 9.89. The van der Waals surface area contributed by atoms with E-state index in [2.05, 4.69) is 16.5 Å². The highest BCUT2D eigenvalue weighted by Crippen LogP contribution is 2.28. The number of phenols is 1. The number of sulfonamides is 1. The first-order valence-electron chi connectivity index (χ1n) is 8.00. The molecule has 8 heteroatoms. The second-order valence-corrected chi connectivity index (χ2v) is 7.82. The predicted molar refractivity (Wildman–Crippen MR) is 92.6 cm³/mol. The molecule has 0 spiro atoms. The number of rotatable bonds is 8. The molecule has 7 nitrogen and oxygen atoms in total. The first-order chi connectivity index (χ1) is 11.3. The summed E-state index contributed by atoms with van der Waals surface area (Å²) >= 11 is 0. The van der Waals surface area contributed by atoms with Gasteiger partial charge >= 0.3 is 0 Å². The van der Waals surface area contributed by atoms with Gasteiger partial charge in [0, 0.05) is 18.7 Å². The third-order valence-corrected chi connectivity index (χ3v) is 4.38. The highest BCUT2D eigenvalue weighted by atomic mass is 32.2. The molecule has 0 aliphatic heterocycles. The van der Waals surface area contributed by atoms with E-state index in [1.165, 1.54) is 18.2 Å². The molecule has 2 rings (SSSR count). The number of hydrogen-bond acceptors (Lipinski definition) is 6. The van der Waals surface area contributed by atoms with Crippen LogP contribution in [0.3, 0.4) is 0 Å². The van der Waals surface area contributed by atoms with Crippen molar-refractivity contribution in [2.45, 2.75) is 37.8 Å². The Hall–Kier alpha value is -1.51. The Morgan fingerprint density at radius 1 is 1.33 bits per heavy atom. The van der Waals surface area contributed by atoms with Crippen LogP contribution < -0.4 is 14.8 Å². The predicted octanol–water partition coefficient (Wildman–Crippen LogP) is 1.24. The molecule has 1 aliphatic carbocycles. The van der Waals surface area contributed by atoms with Crippen LogP contribution in [0.15, 0.2) is 18.2 Å². The number of nitrogens with one attached hydrogen (secondary N) is 2. The third kappa shape index (κ3) is 6.54. The summed E-state index contributed by atoms with van der Waals surface area (Å²) in [4.78, 5) is 0. The van der Waals surface area contributed by atoms with Gasteiger partial charge in [-0.3, -0.25) is 4.72 Å². The van der Waals surface area contributed by atoms with Gasteiger partial charge in [0.2, 0.25) is 10.0 Å². The standard InChI is InChI=1S/C16H25N2O5S/c1-24(21,22)18-15-9-14(7-8-16(15)20)23-11-13(19)10-17-12-5-3-2-4-6-12/h2,7-9,12-13,17-20H,3-6,10-11H2,1H3/t13-/m0/s1. The van der Waals surface area contributed by atoms with Crippen LogP contribution in [0, 0.1) is 6.42 Å². The number of aliphatic hydroxyl groups excluding tert-OH is 1. The topological polar surface area (TPSA) is 108 Å². The lowest BCUT2D eigenvalue weighted by molar-refractivity contribution is 0.102. The molecule has 1 saturated carbocycles. The normalized spacial score (nSPS) is 17.4. The molecule has 0 aromatic heterocycles. The summed E-state index contributed by atoms with van der Waals surface area (Å²) in [6, 6.07) is 4.67. The van der Waals surface area contributed by atoms with E-state index in [1.807, 2.05) is 0 Å². The number of hydrogen-bond donors (Lipinski definition) is 4. The molecule has 24 heavy (non-hydrogen) atoms. The lowest BCUT2D eigenvalue weighted by atomic mass is 9.95. The minimum atomic E-state index is -3.50. The number of anilines is 1. The van der Waals surface area contributed by atoms with E-state index in [1.54, 1.807) is 0 Å². The Balaban J connectivity index is 1.81. The van der Waals surface area contributed by atoms with Gasteiger partial charge in [0.05, 0.1) is 11.9 Å². The number of ether oxygens (including phenoxy) is 1. The first kappa shape index (κ1) is 18.8. The zero-order valence-electron chi connectivity index (χ0n) is 13.7. The molecule has 0 amide bonds. The summed E-state index contributed by atoms with van der Waals surface area (Å²) in [6.45, 7) is 0.520. The minimum Gasteiger partial charge on any atom is -0.506 e. The molecule has 0 saturated heterocycles. The fraction of sp³-hybridized carbons (Fsp3) is 0.562. The summed E-state index contributed by atoms with van der Waals surface area (Å²) in [6.07, 6.45) is 7.00. The van der Waals surface area contributed by atoms with Crippen LogP contribution in [0.25, 0.3) is 0 Å². The zero-order valence-corrected chi connectivity index (χ0v) is 14.6. The van der Waals surface area contributed by atoms with Gasteiger partial charge in [0.25, 0.3) is 0 Å². The minimum absolute atomic E-state index is 0.0427. The van der Waals surface area contributed by atoms with E-state index in [0.717, 1.165) is 31.9 Å². The summed E-state index contributed by atoms with van der Waals surface area (Å²) in [7, 11) is -3.50. The Morgan fingerprint density at radius 3 is 2.71 bits per heavy atom. The van der Waals surface area contributed by atoms with Gasteiger partial charge in [-0.25, -0.2) is 8.42 Å². The molecular weight excluding hydrogens is 332 g/mol. The monoisotopic (exact) mass is 357 g/mol. The van der Waals surface area contributed by atoms with E-state index < -0.39 is 16.1 Å². The van der Waals surface area contributed by atoms with Crippen LogP contribution >= 0.6 is 0 Å². The molecule has 1 radical (unpaired) electrons. The maximum absolute atomic E-state index is 11.3. The number of phenolic OH excluding ortho intramolecular Hbond substituents is 1. The zero-order chi connectivity index (χ0) is 17.6. The van der Waals surface area contributed by atoms with Crippen molar-refractivity contribution in [3.05, 3.63) is 24.6 Å². The lowest BCUT2D eigenvalue weighted by Crippen LogP contribution is -2.39. The third-order valence-electron chi connectivity index (χ3n) is 3.79. The number of aromatic hydroxyl groups is 1. The Labute approximate surface area is 143 Å². The van der Waals surface area contributed by atoms with Crippen molar-refractivity contribution in [3.63, 3.8) is 0 Å². The van der Waals surface area contributed by atoms with E-state index in [9.17, 15) is 18.6 Å². The number of aliphatic hydroxyl groups is 1. The van der Waals surface area contributed by atoms with Gasteiger partial charge in [-0.2, -0.15) is 0 Å². The van der Waals surface area contributed by atoms with Crippen LogP contribution in [-0.2, 0) is 10.0 Å². The maximum atomic E-state index is 11.3. The molecule has 0 heterocycles. The quantitative estimate of drug-likeness (QED) is 0.522. The van der Waals surface area contributed by atoms with Gasteiger partial charge < -0.3 is 20.3 Å². The summed E-state index contributed by atoms with van der Waals surface area (Å²) in [5, 5.41) is 23.0. The molecule has 135 valence electrons. The number of benzene rings is 1. The average molecular weight is 357 g/mol. The van der Waals surface area contributed by atoms with Crippen molar-refractivity contribution in [2.75, 3.05) is 24.1 Å². The Bertz CT molecular complexity index is 629. The van der Waals surface area contributed by atoms with Crippen LogP contribution in [-0.4, -0.2) is 50.2 Å². The van der Waals surface area contributed by atoms with Crippen molar-refractivity contribution >= 4 is 15.7 Å². The molecule has 1 aromatic carbocycles. The van der Waals surface area contributed by atoms with E-state index in [-0.39, 0.29) is 18.0 Å². The summed E-state index contributed by atoms with van der Waals surface area (Å²) in [5.41, 5.74) is 0.0427. The molecule has 1 aliphatic rings. The van der Waals surface area contributed by atoms with E-state index in [4.69, 9.17) is 4.74 Å². The second-order valence-electron chi connectivity index (χ2n) is 6.07. The second kappa shape index (κ2) is 8.55. The summed E-state index contributed by atoms with van der Waals surface area (Å²) in [5.74, 6) is 0.175. The van der Waals surface area contributed by atoms with Gasteiger partial charge in [-0.1, -0.05) is 0 Å². The lowest BCUT2D eigenvalue weighted by Gasteiger charge is -2.24. The maximum Gasteiger partial charge on any atom is 0.229 e. The van der Waals surface area contributed by atoms with Crippen LogP contribution in [0.1, 0.15) is 25.7 Å². The van der Waals surface area contributed by atoms with Crippen LogP contribution in [0.2, 0.25) is 0 Å². The molecular formula is C16H25N2O5S. The fourth-order valence-electron chi connectivity index (χ4n) is 2.57. The van der Waals surface area contributed by atoms with E-state index >= 15 is 0 Å². The summed E-state index contributed by atoms with van der Waals surface area (Å²) < 4.78 is 30.2. The van der Waals surface area contributed by atoms with Crippen molar-refractivity contribution in [1.82, 2.24) is 5.32 Å². The van der Waals surface area contributed by atoms with Gasteiger partial charge in [0.15, 0.2) is 0 Å². The van der Waals surface area contributed by atoms with Gasteiger partial charge in [0.1, 0.15) is 24.2 Å². The Morgan fingerprint density at radius 2 is 2.04 bits per heavy atom. The van der Waals surface area contributed by atoms with Crippen LogP contribution in [0.5, 0.6) is 11.5 Å². The molecule has 1 fully saturated rings. The highest BCUT2D eigenvalue weighted by molar-refractivity contribution is 7.92. The molecule has 0 unspecified atom stereocenters. The SMILES string of the molecule is CS(=O)(=O)Nc1cc(OC[C@@H](O)CNC2CC[CH]CC2)ccc1O. The molecule has 1 atom stereocenters. The smallest absolute Gasteiger partial charge is 0.229 e. The van der Waals surface area contributed by atoms with Crippen molar-refractivity contribution in [2.24, 2.45) is 0 Å². The van der Waals surface area contributed by atoms with Crippen molar-refractivity contribution in [1.29, 1.82) is 0 Å². The molecule has 4 N–H and O–H groups in total. The van der Waals surface area contributed by atoms with Crippen molar-refractivity contribution in [3.8, 4) is 11.5 Å². The Kier molecular flexibility index (Phi) is 6.70.